The number of nitrogens with two attached hydrogens (primary N) is 1. The highest BCUT2D eigenvalue weighted by molar-refractivity contribution is 9.10. The monoisotopic (exact) mass is 274 g/mol. The van der Waals surface area contributed by atoms with E-state index in [1.54, 1.807) is 6.07 Å². The van der Waals surface area contributed by atoms with Crippen LogP contribution in [0.25, 0.3) is 11.0 Å². The van der Waals surface area contributed by atoms with Crippen molar-refractivity contribution < 1.29 is 4.42 Å². The van der Waals surface area contributed by atoms with Crippen LogP contribution in [-0.4, -0.2) is 0 Å². The van der Waals surface area contributed by atoms with E-state index in [4.69, 9.17) is 21.9 Å². The van der Waals surface area contributed by atoms with Crippen molar-refractivity contribution in [3.63, 3.8) is 0 Å². The Labute approximate surface area is 94.3 Å². The molecule has 2 rings (SSSR count). The lowest BCUT2D eigenvalue weighted by Gasteiger charge is -1.94. The first kappa shape index (κ1) is 9.98. The summed E-state index contributed by atoms with van der Waals surface area (Å²) in [6, 6.07) is 5.66. The first-order valence-electron chi connectivity index (χ1n) is 4.01. The fourth-order valence-electron chi connectivity index (χ4n) is 1.32. The number of hydrogen-bond donors (Lipinski definition) is 2. The normalized spacial score (nSPS) is 11.1. The van der Waals surface area contributed by atoms with Gasteiger partial charge in [-0.25, -0.2) is 0 Å². The lowest BCUT2D eigenvalue weighted by Crippen LogP contribution is -2.20. The molecule has 1 aromatic carbocycles. The molecule has 0 saturated heterocycles. The summed E-state index contributed by atoms with van der Waals surface area (Å²) in [6.45, 7) is 0.489. The summed E-state index contributed by atoms with van der Waals surface area (Å²) >= 11 is 9.37. The quantitative estimate of drug-likeness (QED) is 0.654. The van der Waals surface area contributed by atoms with E-state index in [1.165, 1.54) is 0 Å². The molecule has 3 N–H and O–H groups in total. The van der Waals surface area contributed by atoms with E-state index in [-0.39, 0.29) is 0 Å². The molecule has 0 saturated carbocycles. The Balaban J connectivity index is 2.58. The fraction of sp³-hybridized carbons (Fsp3) is 0.111. The van der Waals surface area contributed by atoms with Crippen LogP contribution in [0.5, 0.6) is 0 Å². The molecule has 3 nitrogen and oxygen atoms in total. The highest BCUT2D eigenvalue weighted by Gasteiger charge is 2.07. The van der Waals surface area contributed by atoms with E-state index in [9.17, 15) is 0 Å². The highest BCUT2D eigenvalue weighted by Crippen LogP contribution is 2.30. The minimum absolute atomic E-state index is 0.489. The van der Waals surface area contributed by atoms with Crippen molar-refractivity contribution in [2.24, 2.45) is 5.84 Å². The zero-order chi connectivity index (χ0) is 10.1. The molecule has 1 heterocycles. The van der Waals surface area contributed by atoms with Crippen molar-refractivity contribution in [1.29, 1.82) is 0 Å². The van der Waals surface area contributed by atoms with Gasteiger partial charge in [0.25, 0.3) is 0 Å². The molecule has 0 aliphatic heterocycles. The molecular formula is C9H8BrClN2O. The van der Waals surface area contributed by atoms with Gasteiger partial charge in [0.2, 0.25) is 0 Å². The fourth-order valence-corrected chi connectivity index (χ4v) is 2.19. The number of fused-ring (bicyclic) bond motifs is 1. The summed E-state index contributed by atoms with van der Waals surface area (Å²) in [4.78, 5) is 0. The Morgan fingerprint density at radius 2 is 2.21 bits per heavy atom. The molecule has 0 spiro atoms. The van der Waals surface area contributed by atoms with Crippen LogP contribution in [0.4, 0.5) is 0 Å². The molecule has 2 aromatic rings. The van der Waals surface area contributed by atoms with Crippen molar-refractivity contribution in [3.05, 3.63) is 33.5 Å². The Hall–Kier alpha value is -0.550. The summed E-state index contributed by atoms with van der Waals surface area (Å²) in [7, 11) is 0. The lowest BCUT2D eigenvalue weighted by molar-refractivity contribution is 0.520. The second kappa shape index (κ2) is 3.90. The number of benzene rings is 1. The summed E-state index contributed by atoms with van der Waals surface area (Å²) in [5, 5.41) is 1.56. The molecule has 0 fully saturated rings. The average molecular weight is 276 g/mol. The highest BCUT2D eigenvalue weighted by atomic mass is 79.9. The van der Waals surface area contributed by atoms with Gasteiger partial charge in [-0.2, -0.15) is 0 Å². The van der Waals surface area contributed by atoms with Crippen molar-refractivity contribution in [2.75, 3.05) is 0 Å². The number of nitrogens with one attached hydrogen (secondary N) is 1. The summed E-state index contributed by atoms with van der Waals surface area (Å²) in [5.74, 6) is 5.96. The SMILES string of the molecule is NNCc1cc2cc(Br)cc(Cl)c2o1. The molecule has 0 unspecified atom stereocenters. The second-order valence-electron chi connectivity index (χ2n) is 2.90. The Bertz CT molecular complexity index is 469. The number of hydrogen-bond acceptors (Lipinski definition) is 3. The standard InChI is InChI=1S/C9H8BrClN2O/c10-6-1-5-2-7(4-13-12)14-9(5)8(11)3-6/h1-3,13H,4,12H2. The van der Waals surface area contributed by atoms with Gasteiger partial charge in [-0.15, -0.1) is 0 Å². The summed E-state index contributed by atoms with van der Waals surface area (Å²) < 4.78 is 6.43. The first-order valence-corrected chi connectivity index (χ1v) is 5.19. The molecule has 0 radical (unpaired) electrons. The topological polar surface area (TPSA) is 51.2 Å². The maximum absolute atomic E-state index is 6.00. The summed E-state index contributed by atoms with van der Waals surface area (Å²) in [6.07, 6.45) is 0. The van der Waals surface area contributed by atoms with E-state index < -0.39 is 0 Å². The van der Waals surface area contributed by atoms with E-state index in [2.05, 4.69) is 21.4 Å². The molecule has 0 amide bonds. The van der Waals surface area contributed by atoms with E-state index in [0.717, 1.165) is 15.6 Å². The van der Waals surface area contributed by atoms with Crippen LogP contribution in [0.2, 0.25) is 5.02 Å². The average Bonchev–Trinajstić information content (AvgIpc) is 2.48. The molecule has 0 aliphatic rings. The predicted octanol–water partition coefficient (Wildman–Crippen LogP) is 2.81. The molecule has 0 aliphatic carbocycles. The van der Waals surface area contributed by atoms with E-state index >= 15 is 0 Å². The van der Waals surface area contributed by atoms with Gasteiger partial charge in [0.05, 0.1) is 11.6 Å². The first-order chi connectivity index (χ1) is 6.70. The van der Waals surface area contributed by atoms with Gasteiger partial charge in [0.15, 0.2) is 5.58 Å². The third-order valence-corrected chi connectivity index (χ3v) is 2.60. The number of hydrazine groups is 1. The third-order valence-electron chi connectivity index (χ3n) is 1.86. The summed E-state index contributed by atoms with van der Waals surface area (Å²) in [5.41, 5.74) is 3.23. The van der Waals surface area contributed by atoms with Crippen LogP contribution in [-0.2, 0) is 6.54 Å². The lowest BCUT2D eigenvalue weighted by atomic mass is 10.2. The van der Waals surface area contributed by atoms with Gasteiger partial charge in [0.1, 0.15) is 5.76 Å². The van der Waals surface area contributed by atoms with Crippen molar-refractivity contribution in [2.45, 2.75) is 6.54 Å². The minimum Gasteiger partial charge on any atom is -0.458 e. The van der Waals surface area contributed by atoms with Gasteiger partial charge < -0.3 is 4.42 Å². The van der Waals surface area contributed by atoms with Crippen LogP contribution in [0.15, 0.2) is 27.1 Å². The predicted molar refractivity (Wildman–Crippen MR) is 60.0 cm³/mol. The molecule has 5 heteroatoms. The van der Waals surface area contributed by atoms with Crippen molar-refractivity contribution >= 4 is 38.5 Å². The van der Waals surface area contributed by atoms with Gasteiger partial charge >= 0.3 is 0 Å². The number of halogens is 2. The molecule has 74 valence electrons. The molecule has 14 heavy (non-hydrogen) atoms. The largest absolute Gasteiger partial charge is 0.458 e. The Kier molecular flexibility index (Phi) is 2.78. The van der Waals surface area contributed by atoms with Crippen molar-refractivity contribution in [1.82, 2.24) is 5.43 Å². The zero-order valence-electron chi connectivity index (χ0n) is 7.18. The Morgan fingerprint density at radius 1 is 1.43 bits per heavy atom. The Morgan fingerprint density at radius 3 is 2.93 bits per heavy atom. The number of rotatable bonds is 2. The maximum atomic E-state index is 6.00. The van der Waals surface area contributed by atoms with E-state index in [0.29, 0.717) is 17.2 Å². The van der Waals surface area contributed by atoms with Gasteiger partial charge in [-0.1, -0.05) is 27.5 Å². The molecule has 0 bridgehead atoms. The number of furan rings is 1. The second-order valence-corrected chi connectivity index (χ2v) is 4.22. The van der Waals surface area contributed by atoms with Gasteiger partial charge in [-0.05, 0) is 18.2 Å². The third kappa shape index (κ3) is 1.79. The van der Waals surface area contributed by atoms with Gasteiger partial charge in [0, 0.05) is 9.86 Å². The van der Waals surface area contributed by atoms with Gasteiger partial charge in [-0.3, -0.25) is 11.3 Å². The van der Waals surface area contributed by atoms with Crippen LogP contribution in [0.3, 0.4) is 0 Å². The van der Waals surface area contributed by atoms with Crippen LogP contribution in [0, 0.1) is 0 Å². The van der Waals surface area contributed by atoms with Crippen LogP contribution >= 0.6 is 27.5 Å². The maximum Gasteiger partial charge on any atom is 0.153 e. The molecule has 1 aromatic heterocycles. The van der Waals surface area contributed by atoms with Crippen molar-refractivity contribution in [3.8, 4) is 0 Å². The smallest absolute Gasteiger partial charge is 0.153 e. The van der Waals surface area contributed by atoms with Crippen LogP contribution < -0.4 is 11.3 Å². The van der Waals surface area contributed by atoms with Crippen LogP contribution in [0.1, 0.15) is 5.76 Å². The zero-order valence-corrected chi connectivity index (χ0v) is 9.52. The van der Waals surface area contributed by atoms with E-state index in [1.807, 2.05) is 12.1 Å². The molecular weight excluding hydrogens is 267 g/mol. The molecule has 0 atom stereocenters. The minimum atomic E-state index is 0.489.